The maximum atomic E-state index is 12.5. The fourth-order valence-corrected chi connectivity index (χ4v) is 1.99. The van der Waals surface area contributed by atoms with Gasteiger partial charge in [0, 0.05) is 5.69 Å². The highest BCUT2D eigenvalue weighted by atomic mass is 16.6. The van der Waals surface area contributed by atoms with Crippen molar-refractivity contribution in [1.29, 1.82) is 0 Å². The highest BCUT2D eigenvalue weighted by molar-refractivity contribution is 5.81. The summed E-state index contributed by atoms with van der Waals surface area (Å²) in [6.45, 7) is 5.61. The van der Waals surface area contributed by atoms with E-state index in [9.17, 15) is 4.79 Å². The second-order valence-corrected chi connectivity index (χ2v) is 5.89. The van der Waals surface area contributed by atoms with Crippen LogP contribution in [0.25, 0.3) is 0 Å². The molecule has 0 unspecified atom stereocenters. The Morgan fingerprint density at radius 1 is 0.952 bits per heavy atom. The van der Waals surface area contributed by atoms with Crippen molar-refractivity contribution in [2.75, 3.05) is 5.32 Å². The zero-order valence-corrected chi connectivity index (χ0v) is 12.7. The number of hydrogen-bond acceptors (Lipinski definition) is 3. The maximum Gasteiger partial charge on any atom is 0.333 e. The van der Waals surface area contributed by atoms with Crippen LogP contribution in [0.3, 0.4) is 0 Å². The zero-order valence-electron chi connectivity index (χ0n) is 12.7. The molecule has 21 heavy (non-hydrogen) atoms. The first kappa shape index (κ1) is 15.1. The van der Waals surface area contributed by atoms with Crippen molar-refractivity contribution in [3.05, 3.63) is 66.2 Å². The van der Waals surface area contributed by atoms with Gasteiger partial charge in [-0.05, 0) is 38.5 Å². The number of para-hydroxylation sites is 1. The summed E-state index contributed by atoms with van der Waals surface area (Å²) in [5.41, 5.74) is 1.26. The number of esters is 1. The predicted octanol–water partition coefficient (Wildman–Crippen LogP) is 4.18. The van der Waals surface area contributed by atoms with Crippen LogP contribution < -0.4 is 5.32 Å². The topological polar surface area (TPSA) is 38.3 Å². The fourth-order valence-electron chi connectivity index (χ4n) is 1.99. The smallest absolute Gasteiger partial charge is 0.333 e. The van der Waals surface area contributed by atoms with Gasteiger partial charge in [0.1, 0.15) is 5.60 Å². The number of hydrogen-bond donors (Lipinski definition) is 1. The van der Waals surface area contributed by atoms with Crippen LogP contribution in [0.5, 0.6) is 0 Å². The second kappa shape index (κ2) is 6.44. The molecule has 1 atom stereocenters. The monoisotopic (exact) mass is 283 g/mol. The molecule has 0 spiro atoms. The van der Waals surface area contributed by atoms with E-state index in [4.69, 9.17) is 4.74 Å². The number of nitrogens with one attached hydrogen (secondary N) is 1. The number of ether oxygens (including phenoxy) is 1. The predicted molar refractivity (Wildman–Crippen MR) is 85.1 cm³/mol. The summed E-state index contributed by atoms with van der Waals surface area (Å²) in [6.07, 6.45) is 0. The lowest BCUT2D eigenvalue weighted by Gasteiger charge is -2.25. The molecule has 0 fully saturated rings. The summed E-state index contributed by atoms with van der Waals surface area (Å²) in [6, 6.07) is 18.7. The molecule has 2 rings (SSSR count). The van der Waals surface area contributed by atoms with Gasteiger partial charge in [-0.1, -0.05) is 48.5 Å². The number of rotatable bonds is 4. The van der Waals surface area contributed by atoms with Gasteiger partial charge in [0.25, 0.3) is 0 Å². The molecule has 2 aromatic carbocycles. The normalized spacial score (nSPS) is 12.5. The van der Waals surface area contributed by atoms with E-state index >= 15 is 0 Å². The number of carbonyl (C=O) groups excluding carboxylic acids is 1. The third-order valence-electron chi connectivity index (χ3n) is 2.86. The van der Waals surface area contributed by atoms with Crippen molar-refractivity contribution in [2.24, 2.45) is 0 Å². The van der Waals surface area contributed by atoms with Gasteiger partial charge < -0.3 is 10.1 Å². The summed E-state index contributed by atoms with van der Waals surface area (Å²) < 4.78 is 5.53. The molecule has 1 N–H and O–H groups in total. The van der Waals surface area contributed by atoms with E-state index in [0.29, 0.717) is 0 Å². The zero-order chi connectivity index (χ0) is 15.3. The van der Waals surface area contributed by atoms with Crippen LogP contribution in [-0.4, -0.2) is 11.6 Å². The van der Waals surface area contributed by atoms with Crippen LogP contribution in [0.2, 0.25) is 0 Å². The molecule has 3 nitrogen and oxygen atoms in total. The average Bonchev–Trinajstić information content (AvgIpc) is 2.45. The minimum absolute atomic E-state index is 0.280. The van der Waals surface area contributed by atoms with E-state index in [1.54, 1.807) is 0 Å². The number of benzene rings is 2. The van der Waals surface area contributed by atoms with Crippen molar-refractivity contribution in [3.63, 3.8) is 0 Å². The van der Waals surface area contributed by atoms with Crippen molar-refractivity contribution in [2.45, 2.75) is 32.4 Å². The summed E-state index contributed by atoms with van der Waals surface area (Å²) in [5, 5.41) is 3.24. The Labute approximate surface area is 126 Å². The van der Waals surface area contributed by atoms with Gasteiger partial charge in [-0.2, -0.15) is 0 Å². The molecule has 110 valence electrons. The van der Waals surface area contributed by atoms with Crippen LogP contribution >= 0.6 is 0 Å². The molecule has 0 saturated heterocycles. The Bertz CT molecular complexity index is 573. The standard InChI is InChI=1S/C18H21NO2/c1-18(2,3)21-17(20)16(14-10-6-4-7-11-14)19-15-12-8-5-9-13-15/h4-13,16,19H,1-3H3/t16-/m1/s1. The Morgan fingerprint density at radius 3 is 2.00 bits per heavy atom. The quantitative estimate of drug-likeness (QED) is 0.855. The Hall–Kier alpha value is -2.29. The Morgan fingerprint density at radius 2 is 1.48 bits per heavy atom. The van der Waals surface area contributed by atoms with Crippen molar-refractivity contribution in [3.8, 4) is 0 Å². The van der Waals surface area contributed by atoms with E-state index in [0.717, 1.165) is 11.3 Å². The van der Waals surface area contributed by atoms with E-state index in [1.807, 2.05) is 81.4 Å². The fraction of sp³-hybridized carbons (Fsp3) is 0.278. The molecule has 0 aliphatic rings. The van der Waals surface area contributed by atoms with Gasteiger partial charge in [0.15, 0.2) is 6.04 Å². The molecule has 0 aromatic heterocycles. The number of anilines is 1. The van der Waals surface area contributed by atoms with Crippen LogP contribution in [-0.2, 0) is 9.53 Å². The van der Waals surface area contributed by atoms with E-state index in [1.165, 1.54) is 0 Å². The second-order valence-electron chi connectivity index (χ2n) is 5.89. The summed E-state index contributed by atoms with van der Waals surface area (Å²) in [7, 11) is 0. The lowest BCUT2D eigenvalue weighted by molar-refractivity contribution is -0.156. The summed E-state index contributed by atoms with van der Waals surface area (Å²) >= 11 is 0. The molecule has 0 aliphatic heterocycles. The first-order valence-corrected chi connectivity index (χ1v) is 7.05. The minimum atomic E-state index is -0.521. The van der Waals surface area contributed by atoms with Crippen LogP contribution in [0.1, 0.15) is 32.4 Å². The van der Waals surface area contributed by atoms with Crippen LogP contribution in [0.15, 0.2) is 60.7 Å². The van der Waals surface area contributed by atoms with Crippen LogP contribution in [0.4, 0.5) is 5.69 Å². The van der Waals surface area contributed by atoms with Crippen LogP contribution in [0, 0.1) is 0 Å². The van der Waals surface area contributed by atoms with Crippen molar-refractivity contribution >= 4 is 11.7 Å². The molecule has 0 heterocycles. The highest BCUT2D eigenvalue weighted by Gasteiger charge is 2.26. The third-order valence-corrected chi connectivity index (χ3v) is 2.86. The molecule has 0 saturated carbocycles. The Kier molecular flexibility index (Phi) is 4.63. The largest absolute Gasteiger partial charge is 0.458 e. The van der Waals surface area contributed by atoms with Gasteiger partial charge >= 0.3 is 5.97 Å². The lowest BCUT2D eigenvalue weighted by Crippen LogP contribution is -2.31. The molecule has 2 aromatic rings. The molecule has 3 heteroatoms. The average molecular weight is 283 g/mol. The van der Waals surface area contributed by atoms with Gasteiger partial charge in [0.2, 0.25) is 0 Å². The molecule has 0 bridgehead atoms. The molecule has 0 aliphatic carbocycles. The third kappa shape index (κ3) is 4.63. The van der Waals surface area contributed by atoms with E-state index in [2.05, 4.69) is 5.32 Å². The maximum absolute atomic E-state index is 12.5. The number of carbonyl (C=O) groups is 1. The highest BCUT2D eigenvalue weighted by Crippen LogP contribution is 2.23. The minimum Gasteiger partial charge on any atom is -0.458 e. The first-order valence-electron chi connectivity index (χ1n) is 7.05. The van der Waals surface area contributed by atoms with Gasteiger partial charge in [0.05, 0.1) is 0 Å². The summed E-state index contributed by atoms with van der Waals surface area (Å²) in [4.78, 5) is 12.5. The van der Waals surface area contributed by atoms with Crippen molar-refractivity contribution in [1.82, 2.24) is 0 Å². The SMILES string of the molecule is CC(C)(C)OC(=O)[C@H](Nc1ccccc1)c1ccccc1. The Balaban J connectivity index is 2.25. The van der Waals surface area contributed by atoms with E-state index < -0.39 is 11.6 Å². The lowest BCUT2D eigenvalue weighted by atomic mass is 10.1. The first-order chi connectivity index (χ1) is 9.96. The van der Waals surface area contributed by atoms with Crippen molar-refractivity contribution < 1.29 is 9.53 Å². The molecular formula is C18H21NO2. The molecule has 0 amide bonds. The van der Waals surface area contributed by atoms with E-state index in [-0.39, 0.29) is 5.97 Å². The summed E-state index contributed by atoms with van der Waals surface area (Å²) in [5.74, 6) is -0.280. The van der Waals surface area contributed by atoms with Gasteiger partial charge in [-0.3, -0.25) is 0 Å². The molecular weight excluding hydrogens is 262 g/mol. The van der Waals surface area contributed by atoms with Gasteiger partial charge in [-0.25, -0.2) is 4.79 Å². The molecule has 0 radical (unpaired) electrons. The van der Waals surface area contributed by atoms with Gasteiger partial charge in [-0.15, -0.1) is 0 Å².